The lowest BCUT2D eigenvalue weighted by Gasteiger charge is -2.16. The van der Waals surface area contributed by atoms with Crippen LogP contribution in [0.2, 0.25) is 0 Å². The van der Waals surface area contributed by atoms with Gasteiger partial charge in [-0.3, -0.25) is 4.79 Å². The first-order valence-corrected chi connectivity index (χ1v) is 7.92. The first kappa shape index (κ1) is 14.7. The van der Waals surface area contributed by atoms with Crippen LogP contribution in [0.4, 0.5) is 11.4 Å². The predicted octanol–water partition coefficient (Wildman–Crippen LogP) is 2.79. The molecular weight excluding hydrogens is 308 g/mol. The molecule has 2 aliphatic heterocycles. The van der Waals surface area contributed by atoms with Crippen molar-refractivity contribution in [1.82, 2.24) is 0 Å². The number of anilines is 2. The van der Waals surface area contributed by atoms with Crippen LogP contribution in [0.15, 0.2) is 36.4 Å². The fourth-order valence-electron chi connectivity index (χ4n) is 2.82. The number of benzene rings is 2. The molecule has 0 spiro atoms. The number of fused-ring (bicyclic) bond motifs is 2. The van der Waals surface area contributed by atoms with Gasteiger partial charge in [0.15, 0.2) is 11.5 Å². The molecule has 0 saturated heterocycles. The molecule has 0 aliphatic carbocycles. The Kier molecular flexibility index (Phi) is 3.65. The van der Waals surface area contributed by atoms with E-state index >= 15 is 0 Å². The number of hydrogen-bond donors (Lipinski definition) is 2. The van der Waals surface area contributed by atoms with Crippen molar-refractivity contribution in [2.24, 2.45) is 0 Å². The SMILES string of the molecule is C[C@@H](Nc1ccc2c(c1)CCO2)C(=O)Nc1ccc2c(c1)OCO2. The van der Waals surface area contributed by atoms with Gasteiger partial charge in [-0.2, -0.15) is 0 Å². The molecule has 124 valence electrons. The zero-order valence-electron chi connectivity index (χ0n) is 13.3. The molecule has 0 unspecified atom stereocenters. The summed E-state index contributed by atoms with van der Waals surface area (Å²) in [4.78, 5) is 12.4. The first-order valence-electron chi connectivity index (χ1n) is 7.92. The summed E-state index contributed by atoms with van der Waals surface area (Å²) in [6.07, 6.45) is 0.905. The number of ether oxygens (including phenoxy) is 3. The predicted molar refractivity (Wildman–Crippen MR) is 89.9 cm³/mol. The summed E-state index contributed by atoms with van der Waals surface area (Å²) in [5, 5.41) is 6.10. The molecular formula is C18H18N2O4. The molecule has 6 heteroatoms. The molecule has 0 bridgehead atoms. The van der Waals surface area contributed by atoms with E-state index in [-0.39, 0.29) is 18.7 Å². The maximum absolute atomic E-state index is 12.4. The van der Waals surface area contributed by atoms with Gasteiger partial charge in [0.2, 0.25) is 12.7 Å². The summed E-state index contributed by atoms with van der Waals surface area (Å²) >= 11 is 0. The molecule has 2 aliphatic rings. The Hall–Kier alpha value is -2.89. The second-order valence-electron chi connectivity index (χ2n) is 5.84. The van der Waals surface area contributed by atoms with E-state index in [1.807, 2.05) is 25.1 Å². The Balaban J connectivity index is 1.41. The van der Waals surface area contributed by atoms with Crippen LogP contribution in [0.5, 0.6) is 17.2 Å². The summed E-state index contributed by atoms with van der Waals surface area (Å²) in [7, 11) is 0. The van der Waals surface area contributed by atoms with Crippen molar-refractivity contribution >= 4 is 17.3 Å². The van der Waals surface area contributed by atoms with E-state index in [2.05, 4.69) is 10.6 Å². The minimum atomic E-state index is -0.379. The maximum atomic E-state index is 12.4. The molecule has 0 fully saturated rings. The van der Waals surface area contributed by atoms with Crippen LogP contribution < -0.4 is 24.8 Å². The van der Waals surface area contributed by atoms with Crippen LogP contribution in [0.1, 0.15) is 12.5 Å². The Morgan fingerprint density at radius 1 is 1.00 bits per heavy atom. The number of carbonyl (C=O) groups excluding carboxylic acids is 1. The van der Waals surface area contributed by atoms with Gasteiger partial charge in [0.1, 0.15) is 11.8 Å². The lowest BCUT2D eigenvalue weighted by molar-refractivity contribution is -0.116. The molecule has 1 atom stereocenters. The lowest BCUT2D eigenvalue weighted by Crippen LogP contribution is -2.31. The fourth-order valence-corrected chi connectivity index (χ4v) is 2.82. The van der Waals surface area contributed by atoms with E-state index in [0.717, 1.165) is 24.5 Å². The molecule has 1 amide bonds. The van der Waals surface area contributed by atoms with Crippen LogP contribution >= 0.6 is 0 Å². The van der Waals surface area contributed by atoms with E-state index in [0.29, 0.717) is 17.2 Å². The van der Waals surface area contributed by atoms with Crippen molar-refractivity contribution in [1.29, 1.82) is 0 Å². The van der Waals surface area contributed by atoms with Gasteiger partial charge in [-0.1, -0.05) is 0 Å². The zero-order chi connectivity index (χ0) is 16.5. The third-order valence-corrected chi connectivity index (χ3v) is 4.11. The molecule has 4 rings (SSSR count). The van der Waals surface area contributed by atoms with Gasteiger partial charge < -0.3 is 24.8 Å². The molecule has 0 saturated carbocycles. The third kappa shape index (κ3) is 2.82. The van der Waals surface area contributed by atoms with Gasteiger partial charge in [-0.15, -0.1) is 0 Å². The van der Waals surface area contributed by atoms with Crippen molar-refractivity contribution in [3.05, 3.63) is 42.0 Å². The number of amides is 1. The van der Waals surface area contributed by atoms with Crippen LogP contribution in [0.3, 0.4) is 0 Å². The Morgan fingerprint density at radius 2 is 1.79 bits per heavy atom. The minimum absolute atomic E-state index is 0.120. The Bertz CT molecular complexity index is 791. The molecule has 0 aromatic heterocycles. The maximum Gasteiger partial charge on any atom is 0.246 e. The largest absolute Gasteiger partial charge is 0.493 e. The van der Waals surface area contributed by atoms with Crippen molar-refractivity contribution in [2.75, 3.05) is 24.0 Å². The van der Waals surface area contributed by atoms with Crippen LogP contribution in [0, 0.1) is 0 Å². The summed E-state index contributed by atoms with van der Waals surface area (Å²) in [6.45, 7) is 2.76. The van der Waals surface area contributed by atoms with Crippen LogP contribution in [-0.4, -0.2) is 25.3 Å². The second-order valence-corrected chi connectivity index (χ2v) is 5.84. The van der Waals surface area contributed by atoms with E-state index in [1.165, 1.54) is 5.56 Å². The summed E-state index contributed by atoms with van der Waals surface area (Å²) in [5.41, 5.74) is 2.76. The molecule has 0 radical (unpaired) electrons. The quantitative estimate of drug-likeness (QED) is 0.904. The average Bonchev–Trinajstić information content (AvgIpc) is 3.22. The molecule has 24 heavy (non-hydrogen) atoms. The summed E-state index contributed by atoms with van der Waals surface area (Å²) < 4.78 is 16.1. The molecule has 2 aromatic carbocycles. The number of nitrogens with one attached hydrogen (secondary N) is 2. The fraction of sp³-hybridized carbons (Fsp3) is 0.278. The third-order valence-electron chi connectivity index (χ3n) is 4.11. The van der Waals surface area contributed by atoms with Crippen molar-refractivity contribution < 1.29 is 19.0 Å². The highest BCUT2D eigenvalue weighted by atomic mass is 16.7. The van der Waals surface area contributed by atoms with Crippen molar-refractivity contribution in [2.45, 2.75) is 19.4 Å². The van der Waals surface area contributed by atoms with Crippen LogP contribution in [-0.2, 0) is 11.2 Å². The number of rotatable bonds is 4. The van der Waals surface area contributed by atoms with Gasteiger partial charge in [0.05, 0.1) is 6.61 Å². The van der Waals surface area contributed by atoms with Gasteiger partial charge in [-0.05, 0) is 42.8 Å². The normalized spacial score (nSPS) is 15.4. The van der Waals surface area contributed by atoms with Crippen molar-refractivity contribution in [3.8, 4) is 17.2 Å². The van der Waals surface area contributed by atoms with Gasteiger partial charge in [0, 0.05) is 23.9 Å². The standard InChI is InChI=1S/C18H18N2O4/c1-11(19-13-2-4-15-12(8-13)6-7-22-15)18(21)20-14-3-5-16-17(9-14)24-10-23-16/h2-5,8-9,11,19H,6-7,10H2,1H3,(H,20,21)/t11-/m1/s1. The topological polar surface area (TPSA) is 68.8 Å². The van der Waals surface area contributed by atoms with E-state index in [1.54, 1.807) is 18.2 Å². The van der Waals surface area contributed by atoms with E-state index in [9.17, 15) is 4.79 Å². The zero-order valence-corrected chi connectivity index (χ0v) is 13.3. The summed E-state index contributed by atoms with van der Waals surface area (Å²) in [6, 6.07) is 10.9. The highest BCUT2D eigenvalue weighted by molar-refractivity contribution is 5.96. The highest BCUT2D eigenvalue weighted by Crippen LogP contribution is 2.34. The number of carbonyl (C=O) groups is 1. The Morgan fingerprint density at radius 3 is 2.71 bits per heavy atom. The molecule has 2 aromatic rings. The summed E-state index contributed by atoms with van der Waals surface area (Å²) in [5.74, 6) is 2.15. The van der Waals surface area contributed by atoms with E-state index < -0.39 is 0 Å². The van der Waals surface area contributed by atoms with Gasteiger partial charge >= 0.3 is 0 Å². The highest BCUT2D eigenvalue weighted by Gasteiger charge is 2.18. The second kappa shape index (κ2) is 5.96. The van der Waals surface area contributed by atoms with Gasteiger partial charge in [0.25, 0.3) is 0 Å². The minimum Gasteiger partial charge on any atom is -0.493 e. The monoisotopic (exact) mass is 326 g/mol. The first-order chi connectivity index (χ1) is 11.7. The number of hydrogen-bond acceptors (Lipinski definition) is 5. The van der Waals surface area contributed by atoms with Gasteiger partial charge in [-0.25, -0.2) is 0 Å². The molecule has 2 N–H and O–H groups in total. The van der Waals surface area contributed by atoms with E-state index in [4.69, 9.17) is 14.2 Å². The Labute approximate surface area is 139 Å². The molecule has 6 nitrogen and oxygen atoms in total. The molecule has 2 heterocycles. The average molecular weight is 326 g/mol. The smallest absolute Gasteiger partial charge is 0.246 e. The van der Waals surface area contributed by atoms with Crippen LogP contribution in [0.25, 0.3) is 0 Å². The van der Waals surface area contributed by atoms with Crippen molar-refractivity contribution in [3.63, 3.8) is 0 Å². The lowest BCUT2D eigenvalue weighted by atomic mass is 10.1.